The third kappa shape index (κ3) is 2.58. The Morgan fingerprint density at radius 2 is 2.09 bits per heavy atom. The van der Waals surface area contributed by atoms with Gasteiger partial charge >= 0.3 is 5.97 Å². The molecule has 1 aliphatic rings. The maximum Gasteiger partial charge on any atom is 0.326 e. The minimum atomic E-state index is -0.952. The second-order valence-electron chi connectivity index (χ2n) is 6.13. The van der Waals surface area contributed by atoms with Gasteiger partial charge in [0.1, 0.15) is 11.6 Å². The molecule has 2 atom stereocenters. The maximum absolute atomic E-state index is 12.6. The number of rotatable bonds is 2. The molecular weight excluding hydrogens is 282 g/mol. The first kappa shape index (κ1) is 14.6. The van der Waals surface area contributed by atoms with Crippen LogP contribution in [0.4, 0.5) is 0 Å². The zero-order valence-electron chi connectivity index (χ0n) is 12.7. The highest BCUT2D eigenvalue weighted by Gasteiger charge is 2.36. The van der Waals surface area contributed by atoms with Crippen LogP contribution in [0.5, 0.6) is 0 Å². The number of hydrogen-bond donors (Lipinski definition) is 1. The van der Waals surface area contributed by atoms with Gasteiger partial charge in [0.05, 0.1) is 0 Å². The number of carbonyl (C=O) groups is 2. The summed E-state index contributed by atoms with van der Waals surface area (Å²) in [5.74, 6) is -0.773. The Kier molecular flexibility index (Phi) is 3.64. The van der Waals surface area contributed by atoms with Gasteiger partial charge in [-0.3, -0.25) is 4.79 Å². The number of nitrogens with zero attached hydrogens (tertiary/aromatic N) is 1. The highest BCUT2D eigenvalue weighted by Crippen LogP contribution is 2.27. The lowest BCUT2D eigenvalue weighted by atomic mass is 9.92. The van der Waals surface area contributed by atoms with Crippen molar-refractivity contribution in [3.8, 4) is 0 Å². The minimum Gasteiger partial charge on any atom is -0.480 e. The highest BCUT2D eigenvalue weighted by atomic mass is 16.4. The molecular formula is C17H19NO4. The zero-order valence-corrected chi connectivity index (χ0v) is 12.7. The number of hydrogen-bond acceptors (Lipinski definition) is 3. The molecule has 1 aliphatic heterocycles. The normalized spacial score (nSPS) is 22.0. The molecule has 1 aromatic carbocycles. The van der Waals surface area contributed by atoms with Crippen LogP contribution in [0.2, 0.25) is 0 Å². The van der Waals surface area contributed by atoms with Crippen molar-refractivity contribution >= 4 is 22.8 Å². The van der Waals surface area contributed by atoms with Gasteiger partial charge in [-0.05, 0) is 43.9 Å². The average Bonchev–Trinajstić information content (AvgIpc) is 2.89. The molecule has 1 saturated heterocycles. The summed E-state index contributed by atoms with van der Waals surface area (Å²) in [5.41, 5.74) is 1.73. The molecule has 116 valence electrons. The molecule has 22 heavy (non-hydrogen) atoms. The van der Waals surface area contributed by atoms with E-state index < -0.39 is 12.0 Å². The summed E-state index contributed by atoms with van der Waals surface area (Å²) in [6.07, 6.45) is 1.30. The van der Waals surface area contributed by atoms with E-state index in [9.17, 15) is 14.7 Å². The Balaban J connectivity index is 1.92. The summed E-state index contributed by atoms with van der Waals surface area (Å²) in [6, 6.07) is 6.62. The molecule has 0 saturated carbocycles. The van der Waals surface area contributed by atoms with Gasteiger partial charge in [-0.25, -0.2) is 4.79 Å². The van der Waals surface area contributed by atoms with Crippen molar-refractivity contribution in [2.75, 3.05) is 6.54 Å². The summed E-state index contributed by atoms with van der Waals surface area (Å²) in [7, 11) is 0. The van der Waals surface area contributed by atoms with Crippen LogP contribution in [0.1, 0.15) is 35.9 Å². The van der Waals surface area contributed by atoms with Crippen LogP contribution >= 0.6 is 0 Å². The average molecular weight is 301 g/mol. The molecule has 2 aromatic rings. The number of aryl methyl sites for hydroxylation is 1. The van der Waals surface area contributed by atoms with Crippen molar-refractivity contribution < 1.29 is 19.1 Å². The Bertz CT molecular complexity index is 733. The van der Waals surface area contributed by atoms with Gasteiger partial charge in [0.2, 0.25) is 0 Å². The van der Waals surface area contributed by atoms with Gasteiger partial charge in [-0.15, -0.1) is 0 Å². The third-order valence-electron chi connectivity index (χ3n) is 4.29. The standard InChI is InChI=1S/C17H19NO4/c1-10-3-4-14-12(7-10)9-15(22-14)16(19)18-6-5-11(2)8-13(18)17(20)21/h3-4,7,9,11,13H,5-6,8H2,1-2H3,(H,20,21). The van der Waals surface area contributed by atoms with Crippen LogP contribution in [0.25, 0.3) is 11.0 Å². The van der Waals surface area contributed by atoms with Gasteiger partial charge in [-0.2, -0.15) is 0 Å². The number of carboxylic acid groups (broad SMARTS) is 1. The summed E-state index contributed by atoms with van der Waals surface area (Å²) in [6.45, 7) is 4.44. The van der Waals surface area contributed by atoms with Crippen molar-refractivity contribution in [2.45, 2.75) is 32.7 Å². The number of likely N-dealkylation sites (tertiary alicyclic amines) is 1. The fourth-order valence-corrected chi connectivity index (χ4v) is 3.03. The molecule has 2 unspecified atom stereocenters. The number of carbonyl (C=O) groups excluding carboxylic acids is 1. The van der Waals surface area contributed by atoms with Crippen molar-refractivity contribution in [1.82, 2.24) is 4.90 Å². The molecule has 1 N–H and O–H groups in total. The van der Waals surface area contributed by atoms with E-state index in [2.05, 4.69) is 0 Å². The lowest BCUT2D eigenvalue weighted by Crippen LogP contribution is -2.49. The molecule has 1 fully saturated rings. The van der Waals surface area contributed by atoms with Crippen molar-refractivity contribution in [2.24, 2.45) is 5.92 Å². The molecule has 0 spiro atoms. The lowest BCUT2D eigenvalue weighted by molar-refractivity contribution is -0.144. The summed E-state index contributed by atoms with van der Waals surface area (Å²) < 4.78 is 5.61. The number of piperidine rings is 1. The number of aliphatic carboxylic acids is 1. The van der Waals surface area contributed by atoms with Crippen LogP contribution in [0.15, 0.2) is 28.7 Å². The Morgan fingerprint density at radius 3 is 2.82 bits per heavy atom. The molecule has 0 bridgehead atoms. The van der Waals surface area contributed by atoms with E-state index in [0.29, 0.717) is 24.5 Å². The molecule has 5 nitrogen and oxygen atoms in total. The van der Waals surface area contributed by atoms with Gasteiger partial charge in [0, 0.05) is 11.9 Å². The van der Waals surface area contributed by atoms with E-state index >= 15 is 0 Å². The van der Waals surface area contributed by atoms with Crippen molar-refractivity contribution in [3.05, 3.63) is 35.6 Å². The van der Waals surface area contributed by atoms with Crippen LogP contribution < -0.4 is 0 Å². The first-order valence-corrected chi connectivity index (χ1v) is 7.49. The SMILES string of the molecule is Cc1ccc2oc(C(=O)N3CCC(C)CC3C(=O)O)cc2c1. The van der Waals surface area contributed by atoms with Gasteiger partial charge in [0.25, 0.3) is 5.91 Å². The molecule has 0 aliphatic carbocycles. The van der Waals surface area contributed by atoms with Crippen LogP contribution in [-0.2, 0) is 4.79 Å². The highest BCUT2D eigenvalue weighted by molar-refractivity contribution is 5.98. The smallest absolute Gasteiger partial charge is 0.326 e. The molecule has 2 heterocycles. The number of fused-ring (bicyclic) bond motifs is 1. The van der Waals surface area contributed by atoms with E-state index in [4.69, 9.17) is 4.42 Å². The fourth-order valence-electron chi connectivity index (χ4n) is 3.03. The monoisotopic (exact) mass is 301 g/mol. The Labute approximate surface area is 128 Å². The molecule has 5 heteroatoms. The van der Waals surface area contributed by atoms with Crippen molar-refractivity contribution in [1.29, 1.82) is 0 Å². The van der Waals surface area contributed by atoms with E-state index in [0.717, 1.165) is 17.4 Å². The van der Waals surface area contributed by atoms with Crippen LogP contribution in [0.3, 0.4) is 0 Å². The number of furan rings is 1. The van der Waals surface area contributed by atoms with E-state index in [1.807, 2.05) is 32.0 Å². The first-order chi connectivity index (χ1) is 10.5. The topological polar surface area (TPSA) is 70.8 Å². The second-order valence-corrected chi connectivity index (χ2v) is 6.13. The third-order valence-corrected chi connectivity index (χ3v) is 4.29. The van der Waals surface area contributed by atoms with Gasteiger partial charge in [-0.1, -0.05) is 18.6 Å². The van der Waals surface area contributed by atoms with E-state index in [-0.39, 0.29) is 11.7 Å². The zero-order chi connectivity index (χ0) is 15.9. The number of carboxylic acids is 1. The number of benzene rings is 1. The Hall–Kier alpha value is -2.30. The van der Waals surface area contributed by atoms with Crippen LogP contribution in [-0.4, -0.2) is 34.5 Å². The van der Waals surface area contributed by atoms with Crippen LogP contribution in [0, 0.1) is 12.8 Å². The summed E-state index contributed by atoms with van der Waals surface area (Å²) in [5, 5.41) is 10.2. The quantitative estimate of drug-likeness (QED) is 0.925. The first-order valence-electron chi connectivity index (χ1n) is 7.49. The predicted molar refractivity (Wildman–Crippen MR) is 81.8 cm³/mol. The lowest BCUT2D eigenvalue weighted by Gasteiger charge is -2.35. The summed E-state index contributed by atoms with van der Waals surface area (Å²) >= 11 is 0. The van der Waals surface area contributed by atoms with Gasteiger partial charge < -0.3 is 14.4 Å². The molecule has 0 radical (unpaired) electrons. The molecule has 3 rings (SSSR count). The Morgan fingerprint density at radius 1 is 1.32 bits per heavy atom. The minimum absolute atomic E-state index is 0.210. The molecule has 1 amide bonds. The summed E-state index contributed by atoms with van der Waals surface area (Å²) in [4.78, 5) is 25.5. The van der Waals surface area contributed by atoms with E-state index in [1.165, 1.54) is 4.90 Å². The maximum atomic E-state index is 12.6. The second kappa shape index (κ2) is 5.48. The predicted octanol–water partition coefficient (Wildman–Crippen LogP) is 3.07. The number of amides is 1. The van der Waals surface area contributed by atoms with E-state index in [1.54, 1.807) is 6.07 Å². The fraction of sp³-hybridized carbons (Fsp3) is 0.412. The van der Waals surface area contributed by atoms with Gasteiger partial charge in [0.15, 0.2) is 5.76 Å². The van der Waals surface area contributed by atoms with Crippen molar-refractivity contribution in [3.63, 3.8) is 0 Å². The molecule has 1 aromatic heterocycles. The largest absolute Gasteiger partial charge is 0.480 e.